The van der Waals surface area contributed by atoms with Gasteiger partial charge in [-0.25, -0.2) is 0 Å². The van der Waals surface area contributed by atoms with Gasteiger partial charge < -0.3 is 5.73 Å². The Labute approximate surface area is 55.2 Å². The second-order valence-electron chi connectivity index (χ2n) is 2.46. The van der Waals surface area contributed by atoms with Gasteiger partial charge in [-0.15, -0.1) is 11.6 Å². The van der Waals surface area contributed by atoms with Crippen molar-refractivity contribution in [1.29, 1.82) is 0 Å². The molecule has 0 unspecified atom stereocenters. The zero-order valence-electron chi connectivity index (χ0n) is 4.94. The summed E-state index contributed by atoms with van der Waals surface area (Å²) in [4.78, 5) is 0. The van der Waals surface area contributed by atoms with E-state index in [1.807, 2.05) is 0 Å². The minimum absolute atomic E-state index is 0.253. The van der Waals surface area contributed by atoms with E-state index in [0.29, 0.717) is 0 Å². The molecule has 0 bridgehead atoms. The van der Waals surface area contributed by atoms with Gasteiger partial charge in [0.2, 0.25) is 0 Å². The Bertz CT molecular complexity index is 64.9. The van der Waals surface area contributed by atoms with Gasteiger partial charge >= 0.3 is 0 Å². The smallest absolute Gasteiger partial charge is 0.0487 e. The third kappa shape index (κ3) is 1.36. The Morgan fingerprint density at radius 1 is 1.25 bits per heavy atom. The molecular weight excluding hydrogens is 122 g/mol. The molecule has 0 aromatic rings. The van der Waals surface area contributed by atoms with E-state index in [0.717, 1.165) is 12.8 Å². The number of hydrogen-bond acceptors (Lipinski definition) is 1. The molecule has 2 heteroatoms. The Kier molecular flexibility index (Phi) is 2.15. The summed E-state index contributed by atoms with van der Waals surface area (Å²) in [6, 6.07) is 0.269. The summed E-state index contributed by atoms with van der Waals surface area (Å²) < 4.78 is 0. The van der Waals surface area contributed by atoms with Crippen molar-refractivity contribution in [3.05, 3.63) is 0 Å². The van der Waals surface area contributed by atoms with Crippen molar-refractivity contribution < 1.29 is 0 Å². The molecule has 0 aromatic heterocycles. The lowest BCUT2D eigenvalue weighted by molar-refractivity contribution is 0.448. The molecule has 0 spiro atoms. The zero-order chi connectivity index (χ0) is 5.98. The molecule has 0 aromatic carbocycles. The highest BCUT2D eigenvalue weighted by Gasteiger charge is 2.18. The number of halogens is 1. The van der Waals surface area contributed by atoms with E-state index in [1.165, 1.54) is 12.8 Å². The van der Waals surface area contributed by atoms with Crippen molar-refractivity contribution in [2.45, 2.75) is 37.1 Å². The van der Waals surface area contributed by atoms with Gasteiger partial charge in [0.05, 0.1) is 0 Å². The van der Waals surface area contributed by atoms with Crippen molar-refractivity contribution in [2.24, 2.45) is 5.73 Å². The van der Waals surface area contributed by atoms with Crippen LogP contribution in [-0.4, -0.2) is 11.4 Å². The van der Waals surface area contributed by atoms with Gasteiger partial charge in [0.1, 0.15) is 0 Å². The minimum Gasteiger partial charge on any atom is -0.326 e. The minimum atomic E-state index is 0.253. The second-order valence-corrected chi connectivity index (χ2v) is 3.02. The number of hydrogen-bond donors (Lipinski definition) is 1. The lowest BCUT2D eigenvalue weighted by Crippen LogP contribution is -2.33. The topological polar surface area (TPSA) is 26.0 Å². The van der Waals surface area contributed by atoms with Gasteiger partial charge in [-0.05, 0) is 12.8 Å². The fraction of sp³-hybridized carbons (Fsp3) is 1.00. The van der Waals surface area contributed by atoms with Gasteiger partial charge in [0.25, 0.3) is 0 Å². The predicted octanol–water partition coefficient (Wildman–Crippen LogP) is 1.50. The van der Waals surface area contributed by atoms with Crippen molar-refractivity contribution in [3.8, 4) is 0 Å². The molecule has 1 rings (SSSR count). The van der Waals surface area contributed by atoms with Crippen molar-refractivity contribution in [2.75, 3.05) is 0 Å². The molecule has 2 N–H and O–H groups in total. The summed E-state index contributed by atoms with van der Waals surface area (Å²) in [6.45, 7) is 0. The largest absolute Gasteiger partial charge is 0.326 e. The average molecular weight is 134 g/mol. The van der Waals surface area contributed by atoms with Crippen LogP contribution in [0.2, 0.25) is 0 Å². The molecule has 1 fully saturated rings. The van der Waals surface area contributed by atoms with Crippen LogP contribution in [0, 0.1) is 0 Å². The molecule has 0 heterocycles. The van der Waals surface area contributed by atoms with Crippen LogP contribution in [0.1, 0.15) is 25.7 Å². The Morgan fingerprint density at radius 2 is 1.88 bits per heavy atom. The van der Waals surface area contributed by atoms with E-state index in [2.05, 4.69) is 0 Å². The second kappa shape index (κ2) is 2.70. The van der Waals surface area contributed by atoms with Crippen molar-refractivity contribution in [3.63, 3.8) is 0 Å². The van der Waals surface area contributed by atoms with Gasteiger partial charge in [-0.1, -0.05) is 12.8 Å². The van der Waals surface area contributed by atoms with Crippen LogP contribution in [0.15, 0.2) is 0 Å². The Balaban J connectivity index is 2.28. The maximum atomic E-state index is 5.84. The average Bonchev–Trinajstić information content (AvgIpc) is 1.77. The summed E-state index contributed by atoms with van der Waals surface area (Å²) in [5.41, 5.74) is 5.65. The van der Waals surface area contributed by atoms with Gasteiger partial charge in [-0.3, -0.25) is 0 Å². The first-order chi connectivity index (χ1) is 3.80. The molecule has 0 aliphatic heterocycles. The quantitative estimate of drug-likeness (QED) is 0.498. The van der Waals surface area contributed by atoms with E-state index in [1.54, 1.807) is 0 Å². The van der Waals surface area contributed by atoms with Gasteiger partial charge in [-0.2, -0.15) is 0 Å². The lowest BCUT2D eigenvalue weighted by Gasteiger charge is -2.22. The first kappa shape index (κ1) is 6.37. The Morgan fingerprint density at radius 3 is 2.25 bits per heavy atom. The van der Waals surface area contributed by atoms with E-state index in [-0.39, 0.29) is 11.4 Å². The van der Waals surface area contributed by atoms with Crippen LogP contribution in [0.5, 0.6) is 0 Å². The molecule has 2 atom stereocenters. The molecule has 48 valence electrons. The van der Waals surface area contributed by atoms with Crippen LogP contribution >= 0.6 is 11.6 Å². The number of nitrogens with two attached hydrogens (primary N) is 1. The molecule has 1 saturated carbocycles. The maximum Gasteiger partial charge on any atom is 0.0487 e. The van der Waals surface area contributed by atoms with Crippen molar-refractivity contribution in [1.82, 2.24) is 0 Å². The highest BCUT2D eigenvalue weighted by atomic mass is 35.5. The number of rotatable bonds is 0. The highest BCUT2D eigenvalue weighted by Crippen LogP contribution is 2.20. The summed E-state index contributed by atoms with van der Waals surface area (Å²) in [5.74, 6) is 0. The van der Waals surface area contributed by atoms with Crippen LogP contribution in [0.3, 0.4) is 0 Å². The molecule has 1 nitrogen and oxygen atoms in total. The fourth-order valence-corrected chi connectivity index (χ4v) is 1.39. The third-order valence-corrected chi connectivity index (χ3v) is 2.27. The SMILES string of the molecule is N[C@H]1CCCC[C@@H]1Cl. The van der Waals surface area contributed by atoms with Gasteiger partial charge in [0.15, 0.2) is 0 Å². The fourth-order valence-electron chi connectivity index (χ4n) is 1.11. The molecule has 8 heavy (non-hydrogen) atoms. The first-order valence-corrected chi connectivity index (χ1v) is 3.64. The van der Waals surface area contributed by atoms with Crippen LogP contribution < -0.4 is 5.73 Å². The maximum absolute atomic E-state index is 5.84. The number of alkyl halides is 1. The van der Waals surface area contributed by atoms with E-state index in [9.17, 15) is 0 Å². The van der Waals surface area contributed by atoms with Crippen LogP contribution in [0.25, 0.3) is 0 Å². The standard InChI is InChI=1S/C6H12ClN/c7-5-3-1-2-4-6(5)8/h5-6H,1-4,8H2/t5-,6-/m0/s1. The first-order valence-electron chi connectivity index (χ1n) is 3.20. The molecule has 0 saturated heterocycles. The predicted molar refractivity (Wildman–Crippen MR) is 36.1 cm³/mol. The Hall–Kier alpha value is 0.250. The molecular formula is C6H12ClN. The molecule has 0 amide bonds. The normalized spacial score (nSPS) is 39.8. The van der Waals surface area contributed by atoms with E-state index in [4.69, 9.17) is 17.3 Å². The molecule has 1 aliphatic carbocycles. The zero-order valence-corrected chi connectivity index (χ0v) is 5.69. The van der Waals surface area contributed by atoms with Crippen LogP contribution in [0.4, 0.5) is 0 Å². The monoisotopic (exact) mass is 133 g/mol. The van der Waals surface area contributed by atoms with Crippen molar-refractivity contribution >= 4 is 11.6 Å². The molecule has 0 radical (unpaired) electrons. The van der Waals surface area contributed by atoms with E-state index >= 15 is 0 Å². The van der Waals surface area contributed by atoms with Gasteiger partial charge in [0, 0.05) is 11.4 Å². The third-order valence-electron chi connectivity index (χ3n) is 1.73. The van der Waals surface area contributed by atoms with E-state index < -0.39 is 0 Å². The summed E-state index contributed by atoms with van der Waals surface area (Å²) >= 11 is 5.84. The summed E-state index contributed by atoms with van der Waals surface area (Å²) in [7, 11) is 0. The molecule has 1 aliphatic rings. The van der Waals surface area contributed by atoms with Crippen LogP contribution in [-0.2, 0) is 0 Å². The summed E-state index contributed by atoms with van der Waals surface area (Å²) in [6.07, 6.45) is 4.77. The lowest BCUT2D eigenvalue weighted by atomic mass is 9.96. The summed E-state index contributed by atoms with van der Waals surface area (Å²) in [5, 5.41) is 0.253. The highest BCUT2D eigenvalue weighted by molar-refractivity contribution is 6.21.